The van der Waals surface area contributed by atoms with E-state index in [4.69, 9.17) is 26.5 Å². The van der Waals surface area contributed by atoms with Crippen LogP contribution in [-0.4, -0.2) is 75.0 Å². The van der Waals surface area contributed by atoms with E-state index in [1.54, 1.807) is 12.3 Å². The van der Waals surface area contributed by atoms with Crippen LogP contribution >= 0.6 is 11.6 Å². The molecule has 1 saturated carbocycles. The van der Waals surface area contributed by atoms with Crippen LogP contribution in [0.2, 0.25) is 5.02 Å². The number of nitro groups is 1. The number of hydrogen-bond donors (Lipinski definition) is 1. The van der Waals surface area contributed by atoms with Crippen LogP contribution in [0.1, 0.15) is 55.6 Å². The Morgan fingerprint density at radius 3 is 2.57 bits per heavy atom. The molecule has 1 unspecified atom stereocenters. The zero-order valence-corrected chi connectivity index (χ0v) is 26.6. The van der Waals surface area contributed by atoms with Crippen LogP contribution < -0.4 is 0 Å². The van der Waals surface area contributed by atoms with Crippen LogP contribution in [0.15, 0.2) is 42.9 Å². The molecule has 3 fully saturated rings. The molecule has 6 heterocycles. The minimum absolute atomic E-state index is 0.00721. The number of pyridine rings is 1. The van der Waals surface area contributed by atoms with Crippen LogP contribution in [-0.2, 0) is 4.74 Å². The van der Waals surface area contributed by atoms with E-state index in [2.05, 4.69) is 20.8 Å². The van der Waals surface area contributed by atoms with Crippen molar-refractivity contribution in [1.29, 1.82) is 0 Å². The van der Waals surface area contributed by atoms with Crippen molar-refractivity contribution in [2.75, 3.05) is 19.7 Å². The number of ether oxygens (including phenoxy) is 1. The maximum atomic E-state index is 11.4. The van der Waals surface area contributed by atoms with Gasteiger partial charge in [0.1, 0.15) is 5.69 Å². The number of aryl methyl sites for hydroxylation is 1. The Labute approximate surface area is 273 Å². The van der Waals surface area contributed by atoms with Crippen molar-refractivity contribution in [3.63, 3.8) is 0 Å². The van der Waals surface area contributed by atoms with Gasteiger partial charge in [-0.1, -0.05) is 11.6 Å². The lowest BCUT2D eigenvalue weighted by atomic mass is 9.61. The summed E-state index contributed by atoms with van der Waals surface area (Å²) in [7, 11) is 0. The van der Waals surface area contributed by atoms with Crippen LogP contribution in [0.5, 0.6) is 0 Å². The number of hydrogen-bond acceptors (Lipinski definition) is 8. The second kappa shape index (κ2) is 10.9. The zero-order chi connectivity index (χ0) is 32.6. The van der Waals surface area contributed by atoms with Gasteiger partial charge in [-0.25, -0.2) is 14.5 Å². The molecule has 14 nitrogen and oxygen atoms in total. The third kappa shape index (κ3) is 4.76. The van der Waals surface area contributed by atoms with Gasteiger partial charge in [-0.2, -0.15) is 10.2 Å². The lowest BCUT2D eigenvalue weighted by molar-refractivity contribution is -0.389. The smallest absolute Gasteiger partial charge is 0.407 e. The van der Waals surface area contributed by atoms with Gasteiger partial charge in [0.25, 0.3) is 0 Å². The number of aromatic nitrogens is 7. The Kier molecular flexibility index (Phi) is 6.84. The quantitative estimate of drug-likeness (QED) is 0.162. The maximum absolute atomic E-state index is 11.4. The minimum Gasteiger partial charge on any atom is -0.465 e. The molecule has 1 aliphatic carbocycles. The third-order valence-corrected chi connectivity index (χ3v) is 10.4. The van der Waals surface area contributed by atoms with Gasteiger partial charge in [-0.05, 0) is 74.6 Å². The number of likely N-dealkylation sites (tertiary alicyclic amines) is 1. The van der Waals surface area contributed by atoms with Gasteiger partial charge in [0.2, 0.25) is 0 Å². The Morgan fingerprint density at radius 2 is 1.91 bits per heavy atom. The molecular weight excluding hydrogens is 626 g/mol. The van der Waals surface area contributed by atoms with E-state index >= 15 is 0 Å². The first-order valence-electron chi connectivity index (χ1n) is 15.6. The van der Waals surface area contributed by atoms with E-state index in [1.165, 1.54) is 21.8 Å². The summed E-state index contributed by atoms with van der Waals surface area (Å²) in [5, 5.41) is 36.0. The van der Waals surface area contributed by atoms with Crippen LogP contribution in [0, 0.1) is 29.4 Å². The van der Waals surface area contributed by atoms with Crippen molar-refractivity contribution < 1.29 is 19.6 Å². The fourth-order valence-corrected chi connectivity index (χ4v) is 7.78. The molecule has 0 bridgehead atoms. The minimum atomic E-state index is -0.878. The Morgan fingerprint density at radius 1 is 1.11 bits per heavy atom. The Balaban J connectivity index is 1.24. The van der Waals surface area contributed by atoms with Crippen molar-refractivity contribution in [2.24, 2.45) is 5.41 Å². The molecule has 1 atom stereocenters. The predicted octanol–water partition coefficient (Wildman–Crippen LogP) is 6.34. The van der Waals surface area contributed by atoms with Gasteiger partial charge in [0.05, 0.1) is 40.1 Å². The van der Waals surface area contributed by atoms with Crippen LogP contribution in [0.4, 0.5) is 10.6 Å². The molecule has 1 aromatic carbocycles. The number of nitrogens with zero attached hydrogens (tertiary/aromatic N) is 9. The average Bonchev–Trinajstić information content (AvgIpc) is 3.75. The van der Waals surface area contributed by atoms with Gasteiger partial charge in [0, 0.05) is 59.1 Å². The third-order valence-electron chi connectivity index (χ3n) is 9.88. The molecule has 5 aromatic rings. The van der Waals surface area contributed by atoms with Gasteiger partial charge in [-0.3, -0.25) is 4.68 Å². The SMILES string of the molecule is Cc1cc2c(cnn2C2CCCCO2)c(-c2c(-c3ccc(-n4ccc([N+](=O)[O-])n4)nc3)nn(C3CC4(C3)CN(C(=O)O)C4)c2C)c1Cl. The first kappa shape index (κ1) is 29.6. The number of rotatable bonds is 6. The van der Waals surface area contributed by atoms with Gasteiger partial charge < -0.3 is 24.9 Å². The summed E-state index contributed by atoms with van der Waals surface area (Å²) in [4.78, 5) is 28.1. The zero-order valence-electron chi connectivity index (χ0n) is 25.8. The highest BCUT2D eigenvalue weighted by Crippen LogP contribution is 2.55. The lowest BCUT2D eigenvalue weighted by Crippen LogP contribution is -2.63. The van der Waals surface area contributed by atoms with Crippen molar-refractivity contribution in [3.05, 3.63) is 69.3 Å². The molecule has 2 saturated heterocycles. The van der Waals surface area contributed by atoms with E-state index in [1.807, 2.05) is 30.8 Å². The van der Waals surface area contributed by atoms with E-state index in [-0.39, 0.29) is 23.5 Å². The molecule has 1 N–H and O–H groups in total. The summed E-state index contributed by atoms with van der Waals surface area (Å²) in [5.74, 6) is 0.166. The fourth-order valence-electron chi connectivity index (χ4n) is 7.53. The normalized spacial score (nSPS) is 19.2. The largest absolute Gasteiger partial charge is 0.465 e. The molecule has 8 rings (SSSR count). The number of amides is 1. The first-order valence-corrected chi connectivity index (χ1v) is 16.0. The monoisotopic (exact) mass is 657 g/mol. The molecule has 0 radical (unpaired) electrons. The second-order valence-electron chi connectivity index (χ2n) is 13.0. The first-order chi connectivity index (χ1) is 22.6. The fraction of sp³-hybridized carbons (Fsp3) is 0.406. The Bertz CT molecular complexity index is 2050. The topological polar surface area (TPSA) is 159 Å². The Hall–Kier alpha value is -4.82. The molecular formula is C32H32ClN9O5. The number of carbonyl (C=O) groups is 1. The number of carboxylic acid groups (broad SMARTS) is 1. The maximum Gasteiger partial charge on any atom is 0.407 e. The predicted molar refractivity (Wildman–Crippen MR) is 172 cm³/mol. The van der Waals surface area contributed by atoms with E-state index in [0.29, 0.717) is 36.2 Å². The number of benzene rings is 1. The van der Waals surface area contributed by atoms with Gasteiger partial charge >= 0.3 is 11.9 Å². The summed E-state index contributed by atoms with van der Waals surface area (Å²) >= 11 is 7.18. The summed E-state index contributed by atoms with van der Waals surface area (Å²) < 4.78 is 11.5. The average molecular weight is 658 g/mol. The highest BCUT2D eigenvalue weighted by molar-refractivity contribution is 6.36. The van der Waals surface area contributed by atoms with E-state index < -0.39 is 11.0 Å². The number of fused-ring (bicyclic) bond motifs is 1. The van der Waals surface area contributed by atoms with E-state index in [0.717, 1.165) is 71.0 Å². The van der Waals surface area contributed by atoms with Crippen molar-refractivity contribution in [1.82, 2.24) is 39.2 Å². The molecule has 4 aromatic heterocycles. The molecule has 47 heavy (non-hydrogen) atoms. The molecule has 3 aliphatic rings. The van der Waals surface area contributed by atoms with Crippen LogP contribution in [0.25, 0.3) is 39.1 Å². The summed E-state index contributed by atoms with van der Waals surface area (Å²) in [6.45, 7) is 5.82. The van der Waals surface area contributed by atoms with Gasteiger partial charge in [-0.15, -0.1) is 4.68 Å². The molecule has 242 valence electrons. The van der Waals surface area contributed by atoms with E-state index in [9.17, 15) is 20.0 Å². The van der Waals surface area contributed by atoms with Gasteiger partial charge in [0.15, 0.2) is 12.0 Å². The van der Waals surface area contributed by atoms with Crippen molar-refractivity contribution in [2.45, 2.75) is 58.2 Å². The molecule has 15 heteroatoms. The standard InChI is InChI=1S/C32H32ClN9O5/c1-18-11-23-22(15-35-41(23)26-5-3-4-10-47-26)28(29(18)33)27-19(2)40(21-12-32(13-21)16-38(17-32)31(43)44)37-30(27)20-6-7-24(34-14-20)39-9-8-25(36-39)42(45)46/h6-9,11,14-15,21,26H,3-5,10,12-13,16-17H2,1-2H3,(H,43,44). The highest BCUT2D eigenvalue weighted by Gasteiger charge is 2.55. The van der Waals surface area contributed by atoms with Crippen molar-refractivity contribution in [3.8, 4) is 28.2 Å². The lowest BCUT2D eigenvalue weighted by Gasteiger charge is -2.58. The highest BCUT2D eigenvalue weighted by atomic mass is 35.5. The molecule has 2 aliphatic heterocycles. The van der Waals surface area contributed by atoms with Crippen molar-refractivity contribution >= 4 is 34.4 Å². The van der Waals surface area contributed by atoms with Crippen LogP contribution in [0.3, 0.4) is 0 Å². The second-order valence-corrected chi connectivity index (χ2v) is 13.3. The number of halogens is 1. The summed E-state index contributed by atoms with van der Waals surface area (Å²) in [5.41, 5.74) is 5.93. The summed E-state index contributed by atoms with van der Waals surface area (Å²) in [6, 6.07) is 7.12. The molecule has 1 amide bonds. The summed E-state index contributed by atoms with van der Waals surface area (Å²) in [6.07, 6.45) is 8.69. The molecule has 1 spiro atoms.